The lowest BCUT2D eigenvalue weighted by Gasteiger charge is -2.09. The van der Waals surface area contributed by atoms with Crippen molar-refractivity contribution in [2.45, 2.75) is 13.1 Å². The Balaban J connectivity index is 1.64. The Labute approximate surface area is 168 Å². The molecule has 2 aromatic carbocycles. The Bertz CT molecular complexity index is 1250. The van der Waals surface area contributed by atoms with Gasteiger partial charge in [0.15, 0.2) is 11.3 Å². The molecule has 0 bridgehead atoms. The van der Waals surface area contributed by atoms with Gasteiger partial charge in [0.2, 0.25) is 0 Å². The summed E-state index contributed by atoms with van der Waals surface area (Å²) in [6.07, 6.45) is -4.51. The summed E-state index contributed by atoms with van der Waals surface area (Å²) >= 11 is 0. The Hall–Kier alpha value is -3.75. The molecule has 0 atom stereocenters. The number of hydrogen-bond acceptors (Lipinski definition) is 3. The minimum absolute atomic E-state index is 0.000678. The second kappa shape index (κ2) is 7.25. The largest absolute Gasteiger partial charge is 0.416 e. The van der Waals surface area contributed by atoms with Crippen molar-refractivity contribution in [1.82, 2.24) is 14.6 Å². The molecule has 2 heterocycles. The molecule has 0 saturated heterocycles. The van der Waals surface area contributed by atoms with Gasteiger partial charge in [-0.3, -0.25) is 4.79 Å². The molecule has 0 fully saturated rings. The van der Waals surface area contributed by atoms with Crippen LogP contribution in [0.25, 0.3) is 16.9 Å². The molecule has 0 aliphatic rings. The summed E-state index contributed by atoms with van der Waals surface area (Å²) in [5.74, 6) is -1.03. The van der Waals surface area contributed by atoms with Crippen LogP contribution in [0.15, 0.2) is 60.7 Å². The molecular formula is C21H14F4N4O. The Morgan fingerprint density at radius 3 is 2.47 bits per heavy atom. The van der Waals surface area contributed by atoms with Crippen molar-refractivity contribution in [1.29, 1.82) is 0 Å². The van der Waals surface area contributed by atoms with Gasteiger partial charge in [-0.25, -0.2) is 13.9 Å². The van der Waals surface area contributed by atoms with Gasteiger partial charge in [-0.15, -0.1) is 0 Å². The molecule has 2 aromatic heterocycles. The lowest BCUT2D eigenvalue weighted by molar-refractivity contribution is -0.137. The molecule has 5 nitrogen and oxygen atoms in total. The van der Waals surface area contributed by atoms with E-state index in [9.17, 15) is 22.4 Å². The smallest absolute Gasteiger partial charge is 0.321 e. The number of nitrogens with one attached hydrogen (secondary N) is 1. The number of carbonyl (C=O) groups is 1. The third kappa shape index (κ3) is 3.86. The van der Waals surface area contributed by atoms with Crippen LogP contribution in [0.5, 0.6) is 0 Å². The summed E-state index contributed by atoms with van der Waals surface area (Å²) in [5.41, 5.74) is 1.46. The van der Waals surface area contributed by atoms with Gasteiger partial charge >= 0.3 is 6.18 Å². The van der Waals surface area contributed by atoms with Crippen LogP contribution in [0.2, 0.25) is 0 Å². The number of benzene rings is 2. The standard InChI is InChI=1S/C21H14F4N4O/c1-12-9-17(13-5-7-15(22)8-6-13)27-19-11-18(28-29(12)19)20(30)26-16-4-2-3-14(10-16)21(23,24)25/h2-11H,1H3,(H,26,30). The van der Waals surface area contributed by atoms with Gasteiger partial charge in [0.25, 0.3) is 5.91 Å². The highest BCUT2D eigenvalue weighted by atomic mass is 19.4. The molecular weight excluding hydrogens is 400 g/mol. The van der Waals surface area contributed by atoms with Gasteiger partial charge in [0.1, 0.15) is 5.82 Å². The van der Waals surface area contributed by atoms with Crippen molar-refractivity contribution >= 4 is 17.2 Å². The average Bonchev–Trinajstić information content (AvgIpc) is 3.13. The zero-order valence-electron chi connectivity index (χ0n) is 15.5. The number of carbonyl (C=O) groups excluding carboxylic acids is 1. The van der Waals surface area contributed by atoms with E-state index >= 15 is 0 Å². The van der Waals surface area contributed by atoms with E-state index in [1.165, 1.54) is 34.8 Å². The molecule has 0 unspecified atom stereocenters. The molecule has 30 heavy (non-hydrogen) atoms. The van der Waals surface area contributed by atoms with E-state index in [1.54, 1.807) is 25.1 Å². The van der Waals surface area contributed by atoms with E-state index in [0.717, 1.165) is 12.1 Å². The van der Waals surface area contributed by atoms with Gasteiger partial charge in [-0.05, 0) is 55.5 Å². The Kier molecular flexibility index (Phi) is 4.73. The first-order valence-electron chi connectivity index (χ1n) is 8.83. The number of rotatable bonds is 3. The number of amides is 1. The molecule has 1 N–H and O–H groups in total. The average molecular weight is 414 g/mol. The fourth-order valence-electron chi connectivity index (χ4n) is 2.97. The van der Waals surface area contributed by atoms with Crippen LogP contribution in [0.4, 0.5) is 23.2 Å². The van der Waals surface area contributed by atoms with E-state index in [2.05, 4.69) is 15.4 Å². The number of nitrogens with zero attached hydrogens (tertiary/aromatic N) is 3. The predicted octanol–water partition coefficient (Wildman–Crippen LogP) is 5.11. The number of anilines is 1. The summed E-state index contributed by atoms with van der Waals surface area (Å²) < 4.78 is 53.2. The Morgan fingerprint density at radius 2 is 1.77 bits per heavy atom. The van der Waals surface area contributed by atoms with Crippen LogP contribution >= 0.6 is 0 Å². The first-order valence-corrected chi connectivity index (χ1v) is 8.83. The highest BCUT2D eigenvalue weighted by molar-refractivity contribution is 6.03. The zero-order valence-corrected chi connectivity index (χ0v) is 15.5. The van der Waals surface area contributed by atoms with E-state index in [-0.39, 0.29) is 17.2 Å². The highest BCUT2D eigenvalue weighted by Crippen LogP contribution is 2.30. The monoisotopic (exact) mass is 414 g/mol. The summed E-state index contributed by atoms with van der Waals surface area (Å²) in [5, 5.41) is 6.61. The molecule has 4 rings (SSSR count). The second-order valence-electron chi connectivity index (χ2n) is 6.62. The fourth-order valence-corrected chi connectivity index (χ4v) is 2.97. The number of alkyl halides is 3. The lowest BCUT2D eigenvalue weighted by atomic mass is 10.1. The van der Waals surface area contributed by atoms with Gasteiger partial charge in [-0.2, -0.15) is 18.3 Å². The molecule has 9 heteroatoms. The third-order valence-corrected chi connectivity index (χ3v) is 4.43. The summed E-state index contributed by atoms with van der Waals surface area (Å²) in [7, 11) is 0. The lowest BCUT2D eigenvalue weighted by Crippen LogP contribution is -2.14. The topological polar surface area (TPSA) is 59.3 Å². The maximum absolute atomic E-state index is 13.2. The van der Waals surface area contributed by atoms with E-state index in [0.29, 0.717) is 22.6 Å². The molecule has 0 saturated carbocycles. The van der Waals surface area contributed by atoms with Crippen LogP contribution in [0.1, 0.15) is 21.7 Å². The normalized spacial score (nSPS) is 11.6. The van der Waals surface area contributed by atoms with Crippen LogP contribution in [0.3, 0.4) is 0 Å². The second-order valence-corrected chi connectivity index (χ2v) is 6.62. The number of aromatic nitrogens is 3. The number of aryl methyl sites for hydroxylation is 1. The zero-order chi connectivity index (χ0) is 21.5. The summed E-state index contributed by atoms with van der Waals surface area (Å²) in [4.78, 5) is 17.0. The van der Waals surface area contributed by atoms with Crippen molar-refractivity contribution in [3.05, 3.63) is 83.4 Å². The van der Waals surface area contributed by atoms with Crippen LogP contribution in [0, 0.1) is 12.7 Å². The maximum atomic E-state index is 13.2. The van der Waals surface area contributed by atoms with Gasteiger partial charge in [0.05, 0.1) is 11.3 Å². The van der Waals surface area contributed by atoms with E-state index in [4.69, 9.17) is 0 Å². The minimum atomic E-state index is -4.51. The number of hydrogen-bond donors (Lipinski definition) is 1. The molecule has 152 valence electrons. The quantitative estimate of drug-likeness (QED) is 0.474. The van der Waals surface area contributed by atoms with Crippen molar-refractivity contribution in [3.63, 3.8) is 0 Å². The minimum Gasteiger partial charge on any atom is -0.321 e. The molecule has 1 amide bonds. The Morgan fingerprint density at radius 1 is 1.03 bits per heavy atom. The molecule has 0 aliphatic carbocycles. The number of fused-ring (bicyclic) bond motifs is 1. The van der Waals surface area contributed by atoms with E-state index < -0.39 is 17.6 Å². The van der Waals surface area contributed by atoms with Crippen LogP contribution < -0.4 is 5.32 Å². The predicted molar refractivity (Wildman–Crippen MR) is 103 cm³/mol. The van der Waals surface area contributed by atoms with Crippen molar-refractivity contribution in [2.75, 3.05) is 5.32 Å². The third-order valence-electron chi connectivity index (χ3n) is 4.43. The van der Waals surface area contributed by atoms with Crippen molar-refractivity contribution < 1.29 is 22.4 Å². The molecule has 0 spiro atoms. The van der Waals surface area contributed by atoms with Crippen molar-refractivity contribution in [2.24, 2.45) is 0 Å². The van der Waals surface area contributed by atoms with Gasteiger partial charge in [0, 0.05) is 23.0 Å². The highest BCUT2D eigenvalue weighted by Gasteiger charge is 2.30. The molecule has 4 aromatic rings. The SMILES string of the molecule is Cc1cc(-c2ccc(F)cc2)nc2cc(C(=O)Nc3cccc(C(F)(F)F)c3)nn12. The maximum Gasteiger partial charge on any atom is 0.416 e. The summed E-state index contributed by atoms with van der Waals surface area (Å²) in [6, 6.07) is 13.3. The first kappa shape index (κ1) is 19.6. The summed E-state index contributed by atoms with van der Waals surface area (Å²) in [6.45, 7) is 1.77. The number of halogens is 4. The van der Waals surface area contributed by atoms with Gasteiger partial charge in [-0.1, -0.05) is 6.07 Å². The van der Waals surface area contributed by atoms with Crippen molar-refractivity contribution in [3.8, 4) is 11.3 Å². The fraction of sp³-hybridized carbons (Fsp3) is 0.0952. The molecule has 0 radical (unpaired) electrons. The van der Waals surface area contributed by atoms with Gasteiger partial charge < -0.3 is 5.32 Å². The van der Waals surface area contributed by atoms with E-state index in [1.807, 2.05) is 0 Å². The van der Waals surface area contributed by atoms with Crippen LogP contribution in [-0.4, -0.2) is 20.5 Å². The van der Waals surface area contributed by atoms with Crippen LogP contribution in [-0.2, 0) is 6.18 Å². The molecule has 0 aliphatic heterocycles. The first-order chi connectivity index (χ1) is 14.2.